The average molecular weight is 514 g/mol. The van der Waals surface area contributed by atoms with Crippen molar-refractivity contribution in [2.45, 2.75) is 21.1 Å². The van der Waals surface area contributed by atoms with Gasteiger partial charge in [-0.05, 0) is 48.2 Å². The quantitative estimate of drug-likeness (QED) is 0.263. The highest BCUT2D eigenvalue weighted by molar-refractivity contribution is 8.01. The predicted octanol–water partition coefficient (Wildman–Crippen LogP) is 7.26. The number of aryl methyl sites for hydroxylation is 1. The number of hydrogen-bond donors (Lipinski definition) is 1. The van der Waals surface area contributed by atoms with Crippen molar-refractivity contribution in [2.24, 2.45) is 0 Å². The second-order valence-electron chi connectivity index (χ2n) is 8.08. The largest absolute Gasteiger partial charge is 0.279 e. The monoisotopic (exact) mass is 513 g/mol. The highest BCUT2D eigenvalue weighted by Gasteiger charge is 2.21. The van der Waals surface area contributed by atoms with Gasteiger partial charge in [-0.25, -0.2) is 13.4 Å². The first-order valence-corrected chi connectivity index (χ1v) is 14.0. The minimum atomic E-state index is -3.89. The van der Waals surface area contributed by atoms with Gasteiger partial charge in [-0.2, -0.15) is 0 Å². The number of anilines is 1. The molecule has 1 N–H and O–H groups in total. The molecule has 35 heavy (non-hydrogen) atoms. The Morgan fingerprint density at radius 1 is 0.886 bits per heavy atom. The van der Waals surface area contributed by atoms with Crippen molar-refractivity contribution >= 4 is 70.7 Å². The van der Waals surface area contributed by atoms with E-state index in [0.717, 1.165) is 41.2 Å². The predicted molar refractivity (Wildman–Crippen MR) is 145 cm³/mol. The van der Waals surface area contributed by atoms with Gasteiger partial charge < -0.3 is 0 Å². The zero-order valence-electron chi connectivity index (χ0n) is 18.6. The smallest absolute Gasteiger partial charge is 0.264 e. The summed E-state index contributed by atoms with van der Waals surface area (Å²) in [4.78, 5) is 10.2. The summed E-state index contributed by atoms with van der Waals surface area (Å²) in [6.45, 7) is 2.06. The lowest BCUT2D eigenvalue weighted by molar-refractivity contribution is 0.602. The van der Waals surface area contributed by atoms with Crippen LogP contribution in [0.3, 0.4) is 0 Å². The average Bonchev–Trinajstić information content (AvgIpc) is 3.29. The molecule has 0 saturated carbocycles. The number of rotatable bonds is 5. The van der Waals surface area contributed by atoms with Crippen molar-refractivity contribution in [1.29, 1.82) is 0 Å². The van der Waals surface area contributed by atoms with Crippen LogP contribution in [0.1, 0.15) is 5.56 Å². The Labute approximate surface area is 210 Å². The van der Waals surface area contributed by atoms with E-state index in [-0.39, 0.29) is 4.90 Å². The normalized spacial score (nSPS) is 11.9. The summed E-state index contributed by atoms with van der Waals surface area (Å²) in [7, 11) is -3.89. The molecular weight excluding hydrogens is 495 g/mol. The van der Waals surface area contributed by atoms with Gasteiger partial charge in [-0.15, -0.1) is 11.3 Å². The number of benzene rings is 4. The molecule has 6 rings (SSSR count). The molecule has 0 atom stereocenters. The zero-order valence-corrected chi connectivity index (χ0v) is 21.0. The number of pyridine rings is 1. The number of thiazole rings is 1. The van der Waals surface area contributed by atoms with E-state index in [4.69, 9.17) is 4.98 Å². The van der Waals surface area contributed by atoms with Crippen molar-refractivity contribution in [1.82, 2.24) is 9.97 Å². The molecule has 172 valence electrons. The third kappa shape index (κ3) is 4.03. The molecule has 0 bridgehead atoms. The molecule has 2 heterocycles. The van der Waals surface area contributed by atoms with Crippen LogP contribution in [0.5, 0.6) is 0 Å². The van der Waals surface area contributed by atoms with Crippen LogP contribution in [-0.2, 0) is 10.0 Å². The van der Waals surface area contributed by atoms with Crippen LogP contribution in [0.15, 0.2) is 105 Å². The van der Waals surface area contributed by atoms with Crippen LogP contribution < -0.4 is 4.72 Å². The van der Waals surface area contributed by atoms with Gasteiger partial charge in [-0.3, -0.25) is 9.71 Å². The zero-order chi connectivity index (χ0) is 24.0. The van der Waals surface area contributed by atoms with Gasteiger partial charge in [-0.1, -0.05) is 66.4 Å². The maximum Gasteiger partial charge on any atom is 0.264 e. The summed E-state index contributed by atoms with van der Waals surface area (Å²) in [6.07, 6.45) is 1.61. The van der Waals surface area contributed by atoms with E-state index in [2.05, 4.69) is 22.7 Å². The highest BCUT2D eigenvalue weighted by Crippen LogP contribution is 2.41. The van der Waals surface area contributed by atoms with E-state index in [0.29, 0.717) is 11.2 Å². The molecule has 0 aliphatic carbocycles. The van der Waals surface area contributed by atoms with E-state index in [9.17, 15) is 8.42 Å². The van der Waals surface area contributed by atoms with Crippen molar-refractivity contribution in [3.8, 4) is 0 Å². The topological polar surface area (TPSA) is 72.0 Å². The van der Waals surface area contributed by atoms with Crippen molar-refractivity contribution in [2.75, 3.05) is 4.72 Å². The summed E-state index contributed by atoms with van der Waals surface area (Å²) < 4.78 is 32.0. The first kappa shape index (κ1) is 22.0. The van der Waals surface area contributed by atoms with E-state index in [1.54, 1.807) is 47.5 Å². The molecule has 6 aromatic rings. The second kappa shape index (κ2) is 8.64. The van der Waals surface area contributed by atoms with Gasteiger partial charge in [0, 0.05) is 21.9 Å². The summed E-state index contributed by atoms with van der Waals surface area (Å²) in [6, 6.07) is 26.6. The van der Waals surface area contributed by atoms with E-state index in [1.165, 1.54) is 0 Å². The van der Waals surface area contributed by atoms with Gasteiger partial charge in [0.15, 0.2) is 4.34 Å². The molecule has 0 saturated heterocycles. The molecule has 0 radical (unpaired) electrons. The molecule has 0 unspecified atom stereocenters. The van der Waals surface area contributed by atoms with Gasteiger partial charge in [0.2, 0.25) is 0 Å². The number of sulfonamides is 1. The van der Waals surface area contributed by atoms with Gasteiger partial charge >= 0.3 is 0 Å². The third-order valence-corrected chi connectivity index (χ3v) is 9.51. The van der Waals surface area contributed by atoms with Crippen LogP contribution in [0, 0.1) is 6.92 Å². The standard InChI is InChI=1S/C27H19N3O2S3/c1-17-19-10-2-3-11-20(19)22(16-24(17)34-27-29-21-12-4-5-13-23(21)33-27)30-35(31,32)25-14-6-8-18-9-7-15-28-26(18)25/h2-16,30H,1H3. The Hall–Kier alpha value is -3.46. The SMILES string of the molecule is Cc1c(Sc2nc3ccccc3s2)cc(NS(=O)(=O)c2cccc3cccnc23)c2ccccc12. The molecule has 0 aliphatic heterocycles. The van der Waals surface area contributed by atoms with Crippen LogP contribution in [-0.4, -0.2) is 18.4 Å². The fourth-order valence-electron chi connectivity index (χ4n) is 4.17. The molecule has 0 aliphatic rings. The number of fused-ring (bicyclic) bond motifs is 3. The highest BCUT2D eigenvalue weighted by atomic mass is 32.2. The van der Waals surface area contributed by atoms with Gasteiger partial charge in [0.05, 0.1) is 21.4 Å². The Morgan fingerprint density at radius 3 is 2.51 bits per heavy atom. The van der Waals surface area contributed by atoms with Crippen LogP contribution in [0.2, 0.25) is 0 Å². The van der Waals surface area contributed by atoms with Crippen LogP contribution in [0.4, 0.5) is 5.69 Å². The van der Waals surface area contributed by atoms with E-state index in [1.807, 2.05) is 60.7 Å². The number of para-hydroxylation sites is 2. The molecule has 8 heteroatoms. The number of nitrogens with one attached hydrogen (secondary N) is 1. The van der Waals surface area contributed by atoms with E-state index < -0.39 is 10.0 Å². The minimum Gasteiger partial charge on any atom is -0.279 e. The lowest BCUT2D eigenvalue weighted by Crippen LogP contribution is -2.14. The summed E-state index contributed by atoms with van der Waals surface area (Å²) in [5.41, 5.74) is 3.02. The maximum absolute atomic E-state index is 13.6. The molecule has 0 spiro atoms. The van der Waals surface area contributed by atoms with Crippen LogP contribution in [0.25, 0.3) is 31.9 Å². The third-order valence-electron chi connectivity index (χ3n) is 5.87. The van der Waals surface area contributed by atoms with Gasteiger partial charge in [0.1, 0.15) is 4.90 Å². The lowest BCUT2D eigenvalue weighted by Gasteiger charge is -2.16. The molecule has 0 fully saturated rings. The summed E-state index contributed by atoms with van der Waals surface area (Å²) in [5, 5.41) is 2.61. The first-order chi connectivity index (χ1) is 17.0. The molecule has 2 aromatic heterocycles. The molecular formula is C27H19N3O2S3. The Kier molecular flexibility index (Phi) is 5.44. The maximum atomic E-state index is 13.6. The summed E-state index contributed by atoms with van der Waals surface area (Å²) in [5.74, 6) is 0. The van der Waals surface area contributed by atoms with Crippen molar-refractivity contribution in [3.05, 3.63) is 96.7 Å². The van der Waals surface area contributed by atoms with Crippen molar-refractivity contribution in [3.63, 3.8) is 0 Å². The van der Waals surface area contributed by atoms with Gasteiger partial charge in [0.25, 0.3) is 10.0 Å². The number of nitrogens with zero attached hydrogens (tertiary/aromatic N) is 2. The lowest BCUT2D eigenvalue weighted by atomic mass is 10.0. The Balaban J connectivity index is 1.46. The number of aromatic nitrogens is 2. The Bertz CT molecular complexity index is 1810. The fourth-order valence-corrected chi connectivity index (χ4v) is 7.59. The summed E-state index contributed by atoms with van der Waals surface area (Å²) >= 11 is 3.18. The fraction of sp³-hybridized carbons (Fsp3) is 0.0370. The van der Waals surface area contributed by atoms with Crippen LogP contribution >= 0.6 is 23.1 Å². The minimum absolute atomic E-state index is 0.153. The molecule has 0 amide bonds. The molecule has 5 nitrogen and oxygen atoms in total. The molecule has 4 aromatic carbocycles. The van der Waals surface area contributed by atoms with Crippen molar-refractivity contribution < 1.29 is 8.42 Å². The second-order valence-corrected chi connectivity index (χ2v) is 12.0. The Morgan fingerprint density at radius 2 is 1.66 bits per heavy atom. The first-order valence-electron chi connectivity index (χ1n) is 10.9. The number of hydrogen-bond acceptors (Lipinski definition) is 6. The van der Waals surface area contributed by atoms with E-state index >= 15 is 0 Å².